The fourth-order valence-electron chi connectivity index (χ4n) is 1.39. The molecule has 78 valence electrons. The molecule has 1 atom stereocenters. The standard InChI is InChI=1S/C10H21NO2/c1-2-3-6-12-7-8-13-10-4-5-11-9-10/h10-11H,2-9H2,1H3/t10-/m0/s1. The third kappa shape index (κ3) is 5.24. The van der Waals surface area contributed by atoms with Crippen LogP contribution in [0.25, 0.3) is 0 Å². The predicted molar refractivity (Wildman–Crippen MR) is 53.0 cm³/mol. The first-order chi connectivity index (χ1) is 6.43. The molecule has 3 nitrogen and oxygen atoms in total. The molecule has 3 heteroatoms. The number of hydrogen-bond acceptors (Lipinski definition) is 3. The topological polar surface area (TPSA) is 30.5 Å². The maximum absolute atomic E-state index is 5.60. The van der Waals surface area contributed by atoms with Crippen LogP contribution < -0.4 is 5.32 Å². The van der Waals surface area contributed by atoms with Crippen molar-refractivity contribution >= 4 is 0 Å². The molecule has 13 heavy (non-hydrogen) atoms. The summed E-state index contributed by atoms with van der Waals surface area (Å²) in [6.45, 7) is 6.65. The Morgan fingerprint density at radius 2 is 2.23 bits per heavy atom. The second-order valence-electron chi connectivity index (χ2n) is 3.45. The molecule has 0 aromatic rings. The number of rotatable bonds is 7. The van der Waals surface area contributed by atoms with Gasteiger partial charge in [-0.15, -0.1) is 0 Å². The molecule has 0 saturated carbocycles. The van der Waals surface area contributed by atoms with Crippen molar-refractivity contribution < 1.29 is 9.47 Å². The first kappa shape index (κ1) is 11.0. The van der Waals surface area contributed by atoms with Crippen LogP contribution in [0.5, 0.6) is 0 Å². The Bertz CT molecular complexity index is 113. The van der Waals surface area contributed by atoms with Crippen LogP contribution in [0.15, 0.2) is 0 Å². The predicted octanol–water partition coefficient (Wildman–Crippen LogP) is 1.18. The van der Waals surface area contributed by atoms with E-state index in [1.54, 1.807) is 0 Å². The van der Waals surface area contributed by atoms with E-state index >= 15 is 0 Å². The number of nitrogens with one attached hydrogen (secondary N) is 1. The number of unbranched alkanes of at least 4 members (excludes halogenated alkanes) is 1. The van der Waals surface area contributed by atoms with Gasteiger partial charge in [-0.25, -0.2) is 0 Å². The molecule has 0 radical (unpaired) electrons. The summed E-state index contributed by atoms with van der Waals surface area (Å²) >= 11 is 0. The minimum atomic E-state index is 0.426. The van der Waals surface area contributed by atoms with Gasteiger partial charge in [-0.1, -0.05) is 13.3 Å². The Morgan fingerprint density at radius 1 is 1.31 bits per heavy atom. The van der Waals surface area contributed by atoms with E-state index in [9.17, 15) is 0 Å². The summed E-state index contributed by atoms with van der Waals surface area (Å²) in [6, 6.07) is 0. The average molecular weight is 187 g/mol. The van der Waals surface area contributed by atoms with Gasteiger partial charge in [-0.05, 0) is 19.4 Å². The highest BCUT2D eigenvalue weighted by atomic mass is 16.5. The lowest BCUT2D eigenvalue weighted by Gasteiger charge is -2.10. The van der Waals surface area contributed by atoms with E-state index in [0.717, 1.165) is 45.8 Å². The Morgan fingerprint density at radius 3 is 2.92 bits per heavy atom. The Labute approximate surface area is 80.8 Å². The zero-order chi connectivity index (χ0) is 9.36. The zero-order valence-electron chi connectivity index (χ0n) is 8.55. The molecule has 1 aliphatic heterocycles. The highest BCUT2D eigenvalue weighted by Crippen LogP contribution is 2.02. The molecule has 1 fully saturated rings. The van der Waals surface area contributed by atoms with Crippen LogP contribution in [0.3, 0.4) is 0 Å². The van der Waals surface area contributed by atoms with Crippen molar-refractivity contribution in [2.45, 2.75) is 32.3 Å². The third-order valence-electron chi connectivity index (χ3n) is 2.24. The third-order valence-corrected chi connectivity index (χ3v) is 2.24. The van der Waals surface area contributed by atoms with Gasteiger partial charge in [-0.3, -0.25) is 0 Å². The molecule has 0 aromatic heterocycles. The van der Waals surface area contributed by atoms with E-state index in [2.05, 4.69) is 12.2 Å². The van der Waals surface area contributed by atoms with Crippen LogP contribution in [0.1, 0.15) is 26.2 Å². The minimum absolute atomic E-state index is 0.426. The summed E-state index contributed by atoms with van der Waals surface area (Å²) < 4.78 is 11.0. The first-order valence-electron chi connectivity index (χ1n) is 5.33. The normalized spacial score (nSPS) is 22.4. The quantitative estimate of drug-likeness (QED) is 0.607. The van der Waals surface area contributed by atoms with Crippen LogP contribution in [0.4, 0.5) is 0 Å². The molecule has 1 rings (SSSR count). The minimum Gasteiger partial charge on any atom is -0.379 e. The molecule has 0 unspecified atom stereocenters. The molecule has 0 amide bonds. The van der Waals surface area contributed by atoms with Crippen molar-refractivity contribution in [3.05, 3.63) is 0 Å². The van der Waals surface area contributed by atoms with Crippen LogP contribution in [0.2, 0.25) is 0 Å². The van der Waals surface area contributed by atoms with Crippen molar-refractivity contribution in [2.75, 3.05) is 32.9 Å². The van der Waals surface area contributed by atoms with E-state index in [-0.39, 0.29) is 0 Å². The van der Waals surface area contributed by atoms with Gasteiger partial charge < -0.3 is 14.8 Å². The second kappa shape index (κ2) is 7.30. The largest absolute Gasteiger partial charge is 0.379 e. The van der Waals surface area contributed by atoms with E-state index in [0.29, 0.717) is 6.10 Å². The lowest BCUT2D eigenvalue weighted by atomic mass is 10.3. The van der Waals surface area contributed by atoms with Gasteiger partial charge in [0.05, 0.1) is 19.3 Å². The maximum Gasteiger partial charge on any atom is 0.0712 e. The van der Waals surface area contributed by atoms with Crippen LogP contribution in [-0.4, -0.2) is 39.0 Å². The molecular formula is C10H21NO2. The first-order valence-corrected chi connectivity index (χ1v) is 5.33. The molecule has 0 bridgehead atoms. The second-order valence-corrected chi connectivity index (χ2v) is 3.45. The van der Waals surface area contributed by atoms with Crippen LogP contribution in [0, 0.1) is 0 Å². The van der Waals surface area contributed by atoms with Gasteiger partial charge in [0.15, 0.2) is 0 Å². The van der Waals surface area contributed by atoms with Gasteiger partial charge in [0.1, 0.15) is 0 Å². The smallest absolute Gasteiger partial charge is 0.0712 e. The number of ether oxygens (including phenoxy) is 2. The summed E-state index contributed by atoms with van der Waals surface area (Å²) in [7, 11) is 0. The lowest BCUT2D eigenvalue weighted by Crippen LogP contribution is -2.19. The summed E-state index contributed by atoms with van der Waals surface area (Å²) in [5, 5.41) is 3.27. The molecule has 1 N–H and O–H groups in total. The van der Waals surface area contributed by atoms with E-state index in [1.807, 2.05) is 0 Å². The Balaban J connectivity index is 1.78. The van der Waals surface area contributed by atoms with Gasteiger partial charge in [0.2, 0.25) is 0 Å². The van der Waals surface area contributed by atoms with Gasteiger partial charge in [-0.2, -0.15) is 0 Å². The SMILES string of the molecule is CCCCOCCO[C@H]1CCNC1. The fraction of sp³-hybridized carbons (Fsp3) is 1.00. The van der Waals surface area contributed by atoms with Gasteiger partial charge >= 0.3 is 0 Å². The van der Waals surface area contributed by atoms with Crippen molar-refractivity contribution in [3.63, 3.8) is 0 Å². The molecule has 1 saturated heterocycles. The summed E-state index contributed by atoms with van der Waals surface area (Å²) in [5.41, 5.74) is 0. The Kier molecular flexibility index (Phi) is 6.15. The van der Waals surface area contributed by atoms with Crippen molar-refractivity contribution in [1.82, 2.24) is 5.32 Å². The van der Waals surface area contributed by atoms with Crippen LogP contribution >= 0.6 is 0 Å². The molecule has 0 aliphatic carbocycles. The van der Waals surface area contributed by atoms with E-state index < -0.39 is 0 Å². The highest BCUT2D eigenvalue weighted by Gasteiger charge is 2.13. The highest BCUT2D eigenvalue weighted by molar-refractivity contribution is 4.70. The summed E-state index contributed by atoms with van der Waals surface area (Å²) in [5.74, 6) is 0. The molecule has 1 aliphatic rings. The summed E-state index contributed by atoms with van der Waals surface area (Å²) in [4.78, 5) is 0. The van der Waals surface area contributed by atoms with E-state index in [1.165, 1.54) is 6.42 Å². The maximum atomic E-state index is 5.60. The molecule has 0 spiro atoms. The summed E-state index contributed by atoms with van der Waals surface area (Å²) in [6.07, 6.45) is 3.93. The lowest BCUT2D eigenvalue weighted by molar-refractivity contribution is 0.0125. The molecular weight excluding hydrogens is 166 g/mol. The average Bonchev–Trinajstić information content (AvgIpc) is 2.63. The number of hydrogen-bond donors (Lipinski definition) is 1. The molecule has 0 aromatic carbocycles. The Hall–Kier alpha value is -0.120. The zero-order valence-corrected chi connectivity index (χ0v) is 8.55. The fourth-order valence-corrected chi connectivity index (χ4v) is 1.39. The van der Waals surface area contributed by atoms with Crippen molar-refractivity contribution in [1.29, 1.82) is 0 Å². The van der Waals surface area contributed by atoms with Gasteiger partial charge in [0, 0.05) is 13.2 Å². The van der Waals surface area contributed by atoms with Crippen molar-refractivity contribution in [3.8, 4) is 0 Å². The van der Waals surface area contributed by atoms with E-state index in [4.69, 9.17) is 9.47 Å². The molecule has 1 heterocycles. The van der Waals surface area contributed by atoms with Crippen molar-refractivity contribution in [2.24, 2.45) is 0 Å². The van der Waals surface area contributed by atoms with Crippen LogP contribution in [-0.2, 0) is 9.47 Å². The monoisotopic (exact) mass is 187 g/mol. The van der Waals surface area contributed by atoms with Gasteiger partial charge in [0.25, 0.3) is 0 Å².